The highest BCUT2D eigenvalue weighted by Gasteiger charge is 2.28. The van der Waals surface area contributed by atoms with E-state index in [9.17, 15) is 5.11 Å². The van der Waals surface area contributed by atoms with Gasteiger partial charge in [-0.25, -0.2) is 0 Å². The second kappa shape index (κ2) is 8.52. The number of nitrogens with zero attached hydrogens (tertiary/aromatic N) is 2. The molecule has 0 aromatic heterocycles. The average Bonchev–Trinajstić information content (AvgIpc) is 2.55. The molecular weight excluding hydrogens is 292 g/mol. The van der Waals surface area contributed by atoms with Crippen LogP contribution in [0.15, 0.2) is 18.2 Å². The summed E-state index contributed by atoms with van der Waals surface area (Å²) in [6, 6.07) is 6.86. The van der Waals surface area contributed by atoms with Gasteiger partial charge in [0.1, 0.15) is 11.5 Å². The zero-order chi connectivity index (χ0) is 16.8. The SMILES string of the molecule is COc1ccc(OC)c(CN2CCN(C(C)C)[C@H](CCO)C2)c1. The summed E-state index contributed by atoms with van der Waals surface area (Å²) < 4.78 is 10.8. The molecule has 0 radical (unpaired) electrons. The molecule has 5 nitrogen and oxygen atoms in total. The fourth-order valence-electron chi connectivity index (χ4n) is 3.41. The summed E-state index contributed by atoms with van der Waals surface area (Å²) in [4.78, 5) is 4.94. The maximum absolute atomic E-state index is 9.36. The summed E-state index contributed by atoms with van der Waals surface area (Å²) in [6.45, 7) is 8.57. The van der Waals surface area contributed by atoms with E-state index >= 15 is 0 Å². The van der Waals surface area contributed by atoms with Crippen molar-refractivity contribution in [2.24, 2.45) is 0 Å². The van der Waals surface area contributed by atoms with Gasteiger partial charge < -0.3 is 14.6 Å². The summed E-state index contributed by atoms with van der Waals surface area (Å²) in [6.07, 6.45) is 0.823. The van der Waals surface area contributed by atoms with Crippen molar-refractivity contribution in [2.45, 2.75) is 38.9 Å². The summed E-state index contributed by atoms with van der Waals surface area (Å²) in [7, 11) is 3.39. The molecule has 0 aliphatic carbocycles. The Labute approximate surface area is 139 Å². The first-order valence-electron chi connectivity index (χ1n) is 8.39. The number of hydrogen-bond donors (Lipinski definition) is 1. The molecule has 1 aliphatic rings. The van der Waals surface area contributed by atoms with Gasteiger partial charge in [0.25, 0.3) is 0 Å². The fraction of sp³-hybridized carbons (Fsp3) is 0.667. The van der Waals surface area contributed by atoms with Gasteiger partial charge >= 0.3 is 0 Å². The van der Waals surface area contributed by atoms with Crippen LogP contribution in [0.1, 0.15) is 25.8 Å². The van der Waals surface area contributed by atoms with E-state index < -0.39 is 0 Å². The standard InChI is InChI=1S/C18H30N2O3/c1-14(2)20-9-8-19(13-16(20)7-10-21)12-15-11-17(22-3)5-6-18(15)23-4/h5-6,11,14,16,21H,7-10,12-13H2,1-4H3/t16-/m1/s1. The largest absolute Gasteiger partial charge is 0.497 e. The molecule has 0 unspecified atom stereocenters. The first kappa shape index (κ1) is 18.0. The van der Waals surface area contributed by atoms with E-state index in [4.69, 9.17) is 9.47 Å². The molecule has 1 aromatic carbocycles. The lowest BCUT2D eigenvalue weighted by Crippen LogP contribution is -2.55. The van der Waals surface area contributed by atoms with Gasteiger partial charge in [-0.3, -0.25) is 9.80 Å². The van der Waals surface area contributed by atoms with Crippen molar-refractivity contribution in [3.05, 3.63) is 23.8 Å². The molecule has 0 bridgehead atoms. The van der Waals surface area contributed by atoms with Gasteiger partial charge in [-0.05, 0) is 38.5 Å². The van der Waals surface area contributed by atoms with Crippen molar-refractivity contribution >= 4 is 0 Å². The molecule has 2 rings (SSSR count). The molecule has 130 valence electrons. The average molecular weight is 322 g/mol. The number of ether oxygens (including phenoxy) is 2. The minimum absolute atomic E-state index is 0.240. The van der Waals surface area contributed by atoms with Crippen LogP contribution in [-0.2, 0) is 6.54 Å². The topological polar surface area (TPSA) is 45.2 Å². The molecule has 0 amide bonds. The second-order valence-electron chi connectivity index (χ2n) is 6.41. The molecular formula is C18H30N2O3. The summed E-state index contributed by atoms with van der Waals surface area (Å²) in [5.41, 5.74) is 1.15. The number of hydrogen-bond acceptors (Lipinski definition) is 5. The molecule has 1 N–H and O–H groups in total. The first-order valence-corrected chi connectivity index (χ1v) is 8.39. The highest BCUT2D eigenvalue weighted by Crippen LogP contribution is 2.26. The zero-order valence-electron chi connectivity index (χ0n) is 14.8. The van der Waals surface area contributed by atoms with Crippen LogP contribution in [0.25, 0.3) is 0 Å². The number of rotatable bonds is 7. The van der Waals surface area contributed by atoms with Gasteiger partial charge in [0.2, 0.25) is 0 Å². The maximum atomic E-state index is 9.36. The Kier molecular flexibility index (Phi) is 6.69. The van der Waals surface area contributed by atoms with E-state index in [1.165, 1.54) is 0 Å². The number of benzene rings is 1. The van der Waals surface area contributed by atoms with Gasteiger partial charge in [-0.2, -0.15) is 0 Å². The Balaban J connectivity index is 2.08. The molecule has 1 aliphatic heterocycles. The van der Waals surface area contributed by atoms with Crippen molar-refractivity contribution in [3.8, 4) is 11.5 Å². The molecule has 1 aromatic rings. The monoisotopic (exact) mass is 322 g/mol. The Morgan fingerprint density at radius 1 is 1.22 bits per heavy atom. The minimum atomic E-state index is 0.240. The molecule has 1 fully saturated rings. The first-order chi connectivity index (χ1) is 11.1. The highest BCUT2D eigenvalue weighted by molar-refractivity contribution is 5.40. The van der Waals surface area contributed by atoms with Crippen molar-refractivity contribution in [3.63, 3.8) is 0 Å². The van der Waals surface area contributed by atoms with Crippen molar-refractivity contribution in [1.82, 2.24) is 9.80 Å². The van der Waals surface area contributed by atoms with Crippen molar-refractivity contribution in [2.75, 3.05) is 40.5 Å². The van der Waals surface area contributed by atoms with E-state index in [2.05, 4.69) is 29.7 Å². The summed E-state index contributed by atoms with van der Waals surface area (Å²) in [5.74, 6) is 1.75. The molecule has 5 heteroatoms. The number of aliphatic hydroxyl groups excluding tert-OH is 1. The Morgan fingerprint density at radius 3 is 2.61 bits per heavy atom. The van der Waals surface area contributed by atoms with Crippen LogP contribution in [0.5, 0.6) is 11.5 Å². The smallest absolute Gasteiger partial charge is 0.123 e. The zero-order valence-corrected chi connectivity index (χ0v) is 14.8. The van der Waals surface area contributed by atoms with Gasteiger partial charge in [-0.15, -0.1) is 0 Å². The fourth-order valence-corrected chi connectivity index (χ4v) is 3.41. The van der Waals surface area contributed by atoms with E-state index in [1.807, 2.05) is 12.1 Å². The Bertz CT molecular complexity index is 493. The van der Waals surface area contributed by atoms with Crippen LogP contribution in [-0.4, -0.2) is 67.5 Å². The predicted molar refractivity (Wildman–Crippen MR) is 92.2 cm³/mol. The van der Waals surface area contributed by atoms with Crippen LogP contribution in [0.3, 0.4) is 0 Å². The van der Waals surface area contributed by atoms with Crippen LogP contribution in [0.4, 0.5) is 0 Å². The van der Waals surface area contributed by atoms with Gasteiger partial charge in [0.15, 0.2) is 0 Å². The van der Waals surface area contributed by atoms with Gasteiger partial charge in [0, 0.05) is 50.4 Å². The lowest BCUT2D eigenvalue weighted by Gasteiger charge is -2.43. The molecule has 1 heterocycles. The van der Waals surface area contributed by atoms with Gasteiger partial charge in [0.05, 0.1) is 14.2 Å². The van der Waals surface area contributed by atoms with E-state index in [1.54, 1.807) is 14.2 Å². The second-order valence-corrected chi connectivity index (χ2v) is 6.41. The van der Waals surface area contributed by atoms with Crippen LogP contribution < -0.4 is 9.47 Å². The number of aliphatic hydroxyl groups is 1. The van der Waals surface area contributed by atoms with Crippen LogP contribution in [0, 0.1) is 0 Å². The maximum Gasteiger partial charge on any atom is 0.123 e. The normalized spacial score (nSPS) is 20.0. The molecule has 1 saturated heterocycles. The number of methoxy groups -OCH3 is 2. The van der Waals surface area contributed by atoms with Crippen LogP contribution in [0.2, 0.25) is 0 Å². The Morgan fingerprint density at radius 2 is 2.00 bits per heavy atom. The third-order valence-electron chi connectivity index (χ3n) is 4.62. The molecule has 1 atom stereocenters. The lowest BCUT2D eigenvalue weighted by atomic mass is 10.1. The van der Waals surface area contributed by atoms with E-state index in [0.29, 0.717) is 12.1 Å². The number of piperazine rings is 1. The quantitative estimate of drug-likeness (QED) is 0.832. The van der Waals surface area contributed by atoms with E-state index in [0.717, 1.165) is 49.7 Å². The van der Waals surface area contributed by atoms with E-state index in [-0.39, 0.29) is 6.61 Å². The highest BCUT2D eigenvalue weighted by atomic mass is 16.5. The molecule has 0 spiro atoms. The third-order valence-corrected chi connectivity index (χ3v) is 4.62. The predicted octanol–water partition coefficient (Wildman–Crippen LogP) is 1.98. The summed E-state index contributed by atoms with van der Waals surface area (Å²) in [5, 5.41) is 9.36. The third kappa shape index (κ3) is 4.59. The summed E-state index contributed by atoms with van der Waals surface area (Å²) >= 11 is 0. The van der Waals surface area contributed by atoms with Crippen molar-refractivity contribution < 1.29 is 14.6 Å². The lowest BCUT2D eigenvalue weighted by molar-refractivity contribution is 0.0346. The van der Waals surface area contributed by atoms with Crippen molar-refractivity contribution in [1.29, 1.82) is 0 Å². The van der Waals surface area contributed by atoms with Gasteiger partial charge in [-0.1, -0.05) is 0 Å². The van der Waals surface area contributed by atoms with Crippen LogP contribution >= 0.6 is 0 Å². The molecule has 23 heavy (non-hydrogen) atoms. The Hall–Kier alpha value is -1.30. The minimum Gasteiger partial charge on any atom is -0.497 e. The molecule has 0 saturated carbocycles.